The van der Waals surface area contributed by atoms with Crippen molar-refractivity contribution in [1.82, 2.24) is 10.2 Å². The van der Waals surface area contributed by atoms with E-state index in [4.69, 9.17) is 9.47 Å². The number of amides is 1. The van der Waals surface area contributed by atoms with Gasteiger partial charge < -0.3 is 19.7 Å². The minimum Gasteiger partial charge on any atom is -0.376 e. The Morgan fingerprint density at radius 3 is 2.73 bits per heavy atom. The summed E-state index contributed by atoms with van der Waals surface area (Å²) in [5.74, 6) is 0.268. The second-order valence-corrected chi connectivity index (χ2v) is 7.46. The van der Waals surface area contributed by atoms with Gasteiger partial charge in [0.2, 0.25) is 5.91 Å². The topological polar surface area (TPSA) is 50.8 Å². The molecule has 1 amide bonds. The van der Waals surface area contributed by atoms with E-state index in [0.29, 0.717) is 12.6 Å². The molecule has 3 saturated heterocycles. The molecule has 0 aromatic carbocycles. The van der Waals surface area contributed by atoms with Crippen LogP contribution in [0.15, 0.2) is 0 Å². The van der Waals surface area contributed by atoms with Crippen LogP contribution in [0.3, 0.4) is 0 Å². The van der Waals surface area contributed by atoms with Crippen LogP contribution in [0.1, 0.15) is 51.4 Å². The van der Waals surface area contributed by atoms with E-state index >= 15 is 0 Å². The molecule has 0 unspecified atom stereocenters. The number of morpholine rings is 1. The van der Waals surface area contributed by atoms with E-state index in [1.165, 1.54) is 25.7 Å². The Balaban J connectivity index is 1.40. The molecule has 5 nitrogen and oxygen atoms in total. The van der Waals surface area contributed by atoms with Crippen LogP contribution >= 0.6 is 0 Å². The highest BCUT2D eigenvalue weighted by atomic mass is 16.5. The first-order valence-electron chi connectivity index (χ1n) is 9.06. The zero-order chi connectivity index (χ0) is 15.0. The zero-order valence-electron chi connectivity index (χ0n) is 13.4. The first-order valence-corrected chi connectivity index (χ1v) is 9.06. The number of nitrogens with one attached hydrogen (secondary N) is 1. The normalized spacial score (nSPS) is 38.0. The van der Waals surface area contributed by atoms with E-state index in [1.54, 1.807) is 0 Å². The number of rotatable bonds is 1. The summed E-state index contributed by atoms with van der Waals surface area (Å²) >= 11 is 0. The van der Waals surface area contributed by atoms with Crippen molar-refractivity contribution in [3.05, 3.63) is 0 Å². The summed E-state index contributed by atoms with van der Waals surface area (Å²) in [5, 5.41) is 3.50. The van der Waals surface area contributed by atoms with Crippen LogP contribution in [-0.2, 0) is 14.3 Å². The average molecular weight is 308 g/mol. The number of hydrogen-bond acceptors (Lipinski definition) is 4. The summed E-state index contributed by atoms with van der Waals surface area (Å²) in [7, 11) is 0. The minimum absolute atomic E-state index is 0.0452. The van der Waals surface area contributed by atoms with E-state index in [2.05, 4.69) is 10.2 Å². The van der Waals surface area contributed by atoms with Crippen LogP contribution in [0.2, 0.25) is 0 Å². The Morgan fingerprint density at radius 1 is 1.14 bits per heavy atom. The SMILES string of the molecule is O=C([C@@H]1C[C@@H]2OCC[C@@H]2N1)N1CCOC2(CCCCCC2)C1. The molecule has 0 aromatic rings. The maximum atomic E-state index is 12.9. The first kappa shape index (κ1) is 14.9. The van der Waals surface area contributed by atoms with Crippen LogP contribution in [-0.4, -0.2) is 60.9 Å². The summed E-state index contributed by atoms with van der Waals surface area (Å²) in [5.41, 5.74) is -0.0601. The lowest BCUT2D eigenvalue weighted by Gasteiger charge is -2.43. The average Bonchev–Trinajstić information content (AvgIpc) is 3.05. The van der Waals surface area contributed by atoms with E-state index in [1.807, 2.05) is 0 Å². The van der Waals surface area contributed by atoms with Crippen LogP contribution in [0.4, 0.5) is 0 Å². The van der Waals surface area contributed by atoms with Crippen molar-refractivity contribution >= 4 is 5.91 Å². The molecule has 0 aromatic heterocycles. The highest BCUT2D eigenvalue weighted by molar-refractivity contribution is 5.82. The van der Waals surface area contributed by atoms with E-state index in [0.717, 1.165) is 45.4 Å². The second kappa shape index (κ2) is 6.10. The molecule has 4 aliphatic rings. The maximum Gasteiger partial charge on any atom is 0.239 e. The van der Waals surface area contributed by atoms with Crippen molar-refractivity contribution in [2.45, 2.75) is 75.2 Å². The Hall–Kier alpha value is -0.650. The van der Waals surface area contributed by atoms with Gasteiger partial charge in [0, 0.05) is 25.7 Å². The molecule has 3 heterocycles. The summed E-state index contributed by atoms with van der Waals surface area (Å²) in [6.45, 7) is 3.07. The molecule has 1 spiro atoms. The van der Waals surface area contributed by atoms with Crippen LogP contribution in [0, 0.1) is 0 Å². The summed E-state index contributed by atoms with van der Waals surface area (Å²) < 4.78 is 11.9. The van der Waals surface area contributed by atoms with Crippen LogP contribution in [0.25, 0.3) is 0 Å². The smallest absolute Gasteiger partial charge is 0.239 e. The quantitative estimate of drug-likeness (QED) is 0.797. The number of carbonyl (C=O) groups is 1. The van der Waals surface area contributed by atoms with E-state index < -0.39 is 0 Å². The van der Waals surface area contributed by atoms with Crippen molar-refractivity contribution in [2.24, 2.45) is 0 Å². The van der Waals surface area contributed by atoms with Gasteiger partial charge in [0.05, 0.1) is 24.4 Å². The van der Waals surface area contributed by atoms with Crippen LogP contribution in [0.5, 0.6) is 0 Å². The molecule has 1 saturated carbocycles. The van der Waals surface area contributed by atoms with Gasteiger partial charge in [-0.1, -0.05) is 25.7 Å². The maximum absolute atomic E-state index is 12.9. The Morgan fingerprint density at radius 2 is 1.95 bits per heavy atom. The Kier molecular flexibility index (Phi) is 4.13. The molecule has 0 bridgehead atoms. The third kappa shape index (κ3) is 2.79. The van der Waals surface area contributed by atoms with Gasteiger partial charge in [-0.3, -0.25) is 4.79 Å². The molecule has 1 aliphatic carbocycles. The van der Waals surface area contributed by atoms with Crippen LogP contribution < -0.4 is 5.32 Å². The highest BCUT2D eigenvalue weighted by Gasteiger charge is 2.45. The summed E-state index contributed by atoms with van der Waals surface area (Å²) in [4.78, 5) is 15.0. The number of carbonyl (C=O) groups excluding carboxylic acids is 1. The largest absolute Gasteiger partial charge is 0.376 e. The number of hydrogen-bond donors (Lipinski definition) is 1. The summed E-state index contributed by atoms with van der Waals surface area (Å²) in [6.07, 6.45) is 9.46. The predicted molar refractivity (Wildman–Crippen MR) is 82.7 cm³/mol. The molecule has 3 atom stereocenters. The first-order chi connectivity index (χ1) is 10.8. The van der Waals surface area contributed by atoms with Gasteiger partial charge in [0.1, 0.15) is 0 Å². The third-order valence-electron chi connectivity index (χ3n) is 5.97. The number of fused-ring (bicyclic) bond motifs is 1. The van der Waals surface area contributed by atoms with Gasteiger partial charge in [-0.05, 0) is 25.7 Å². The fourth-order valence-corrected chi connectivity index (χ4v) is 4.73. The highest BCUT2D eigenvalue weighted by Crippen LogP contribution is 2.34. The van der Waals surface area contributed by atoms with E-state index in [9.17, 15) is 4.79 Å². The molecule has 0 radical (unpaired) electrons. The van der Waals surface area contributed by atoms with Gasteiger partial charge in [-0.25, -0.2) is 0 Å². The molecule has 4 fully saturated rings. The lowest BCUT2D eigenvalue weighted by Crippen LogP contribution is -2.57. The van der Waals surface area contributed by atoms with Crippen molar-refractivity contribution < 1.29 is 14.3 Å². The molecule has 22 heavy (non-hydrogen) atoms. The van der Waals surface area contributed by atoms with Gasteiger partial charge >= 0.3 is 0 Å². The lowest BCUT2D eigenvalue weighted by molar-refractivity contribution is -0.154. The summed E-state index contributed by atoms with van der Waals surface area (Å²) in [6, 6.07) is 0.345. The Labute approximate surface area is 132 Å². The Bertz CT molecular complexity index is 408. The lowest BCUT2D eigenvalue weighted by atomic mass is 9.92. The zero-order valence-corrected chi connectivity index (χ0v) is 13.4. The molecule has 124 valence electrons. The van der Waals surface area contributed by atoms with Crippen molar-refractivity contribution in [2.75, 3.05) is 26.3 Å². The van der Waals surface area contributed by atoms with E-state index in [-0.39, 0.29) is 23.7 Å². The molecule has 5 heteroatoms. The fraction of sp³-hybridized carbons (Fsp3) is 0.941. The van der Waals surface area contributed by atoms with Gasteiger partial charge in [-0.2, -0.15) is 0 Å². The molecular formula is C17H28N2O3. The molecule has 4 rings (SSSR count). The monoisotopic (exact) mass is 308 g/mol. The number of ether oxygens (including phenoxy) is 2. The van der Waals surface area contributed by atoms with Crippen molar-refractivity contribution in [1.29, 1.82) is 0 Å². The molecule has 1 N–H and O–H groups in total. The minimum atomic E-state index is -0.0601. The predicted octanol–water partition coefficient (Wildman–Crippen LogP) is 1.46. The van der Waals surface area contributed by atoms with Crippen molar-refractivity contribution in [3.8, 4) is 0 Å². The fourth-order valence-electron chi connectivity index (χ4n) is 4.73. The van der Waals surface area contributed by atoms with Gasteiger partial charge in [0.15, 0.2) is 0 Å². The number of nitrogens with zero attached hydrogens (tertiary/aromatic N) is 1. The second-order valence-electron chi connectivity index (χ2n) is 7.46. The third-order valence-corrected chi connectivity index (χ3v) is 5.97. The molecular weight excluding hydrogens is 280 g/mol. The van der Waals surface area contributed by atoms with Crippen molar-refractivity contribution in [3.63, 3.8) is 0 Å². The van der Waals surface area contributed by atoms with Gasteiger partial charge in [0.25, 0.3) is 0 Å². The molecule has 3 aliphatic heterocycles. The van der Waals surface area contributed by atoms with Gasteiger partial charge in [-0.15, -0.1) is 0 Å². The standard InChI is InChI=1S/C17H28N2O3/c20-16(14-11-15-13(18-14)5-9-21-15)19-8-10-22-17(12-19)6-3-1-2-4-7-17/h13-15,18H,1-12H2/t13-,14-,15-/m0/s1.